The molecule has 0 amide bonds. The number of rotatable bonds is 2. The summed E-state index contributed by atoms with van der Waals surface area (Å²) in [6.45, 7) is 4.18. The van der Waals surface area contributed by atoms with E-state index in [4.69, 9.17) is 0 Å². The Hall–Kier alpha value is -1.09. The van der Waals surface area contributed by atoms with Crippen LogP contribution >= 0.6 is 0 Å². The van der Waals surface area contributed by atoms with E-state index in [1.165, 1.54) is 6.42 Å². The van der Waals surface area contributed by atoms with Crippen LogP contribution in [0.2, 0.25) is 0 Å². The Morgan fingerprint density at radius 2 is 2.46 bits per heavy atom. The number of nitrogens with one attached hydrogen (secondary N) is 2. The quantitative estimate of drug-likeness (QED) is 0.712. The summed E-state index contributed by atoms with van der Waals surface area (Å²) in [6.07, 6.45) is 1.19. The number of nitrogens with zero attached hydrogens (tertiary/aromatic N) is 1. The van der Waals surface area contributed by atoms with Crippen LogP contribution in [0.3, 0.4) is 0 Å². The van der Waals surface area contributed by atoms with E-state index in [0.29, 0.717) is 6.04 Å². The molecular weight excluding hydrogens is 162 g/mol. The average molecular weight is 177 g/mol. The Morgan fingerprint density at radius 1 is 1.54 bits per heavy atom. The van der Waals surface area contributed by atoms with Crippen LogP contribution in [0.1, 0.15) is 12.1 Å². The van der Waals surface area contributed by atoms with E-state index in [2.05, 4.69) is 15.6 Å². The third-order valence-electron chi connectivity index (χ3n) is 2.30. The molecule has 2 heterocycles. The zero-order valence-electron chi connectivity index (χ0n) is 7.88. The SMILES string of the molecule is Cc1cccc(N[C@H]2CCNC2)n1. The topological polar surface area (TPSA) is 37.0 Å². The number of aryl methyl sites for hydroxylation is 1. The highest BCUT2D eigenvalue weighted by Gasteiger charge is 2.13. The Labute approximate surface area is 78.6 Å². The minimum atomic E-state index is 0.550. The molecule has 0 saturated carbocycles. The number of anilines is 1. The maximum absolute atomic E-state index is 4.40. The van der Waals surface area contributed by atoms with Gasteiger partial charge in [0.05, 0.1) is 0 Å². The Morgan fingerprint density at radius 3 is 3.15 bits per heavy atom. The van der Waals surface area contributed by atoms with Gasteiger partial charge in [-0.3, -0.25) is 0 Å². The van der Waals surface area contributed by atoms with Gasteiger partial charge in [0, 0.05) is 18.3 Å². The molecule has 0 radical (unpaired) electrons. The van der Waals surface area contributed by atoms with E-state index in [0.717, 1.165) is 24.6 Å². The van der Waals surface area contributed by atoms with E-state index in [1.807, 2.05) is 25.1 Å². The molecule has 70 valence electrons. The first-order valence-corrected chi connectivity index (χ1v) is 4.75. The summed E-state index contributed by atoms with van der Waals surface area (Å²) in [6, 6.07) is 6.62. The first kappa shape index (κ1) is 8.51. The van der Waals surface area contributed by atoms with E-state index in [-0.39, 0.29) is 0 Å². The van der Waals surface area contributed by atoms with Gasteiger partial charge in [0.1, 0.15) is 5.82 Å². The Kier molecular flexibility index (Phi) is 2.45. The maximum atomic E-state index is 4.40. The number of pyridine rings is 1. The van der Waals surface area contributed by atoms with Gasteiger partial charge < -0.3 is 10.6 Å². The molecule has 1 aromatic rings. The van der Waals surface area contributed by atoms with Crippen molar-refractivity contribution in [1.29, 1.82) is 0 Å². The van der Waals surface area contributed by atoms with Gasteiger partial charge in [-0.2, -0.15) is 0 Å². The molecule has 1 saturated heterocycles. The number of hydrogen-bond acceptors (Lipinski definition) is 3. The zero-order chi connectivity index (χ0) is 9.10. The van der Waals surface area contributed by atoms with Crippen molar-refractivity contribution in [2.24, 2.45) is 0 Å². The van der Waals surface area contributed by atoms with Crippen molar-refractivity contribution >= 4 is 5.82 Å². The average Bonchev–Trinajstić information content (AvgIpc) is 2.57. The summed E-state index contributed by atoms with van der Waals surface area (Å²) < 4.78 is 0. The molecule has 3 nitrogen and oxygen atoms in total. The molecule has 0 aromatic carbocycles. The van der Waals surface area contributed by atoms with Crippen molar-refractivity contribution < 1.29 is 0 Å². The smallest absolute Gasteiger partial charge is 0.126 e. The molecule has 0 unspecified atom stereocenters. The summed E-state index contributed by atoms with van der Waals surface area (Å²) in [7, 11) is 0. The molecule has 13 heavy (non-hydrogen) atoms. The number of hydrogen-bond donors (Lipinski definition) is 2. The lowest BCUT2D eigenvalue weighted by Gasteiger charge is -2.11. The molecule has 1 fully saturated rings. The molecule has 0 spiro atoms. The fourth-order valence-corrected chi connectivity index (χ4v) is 1.61. The van der Waals surface area contributed by atoms with Crippen LogP contribution < -0.4 is 10.6 Å². The zero-order valence-corrected chi connectivity index (χ0v) is 7.88. The lowest BCUT2D eigenvalue weighted by atomic mass is 10.2. The third kappa shape index (κ3) is 2.18. The molecule has 0 bridgehead atoms. The van der Waals surface area contributed by atoms with Crippen molar-refractivity contribution in [3.05, 3.63) is 23.9 Å². The van der Waals surface area contributed by atoms with Gasteiger partial charge in [-0.1, -0.05) is 6.07 Å². The Balaban J connectivity index is 2.00. The maximum Gasteiger partial charge on any atom is 0.126 e. The largest absolute Gasteiger partial charge is 0.366 e. The first-order chi connectivity index (χ1) is 6.34. The summed E-state index contributed by atoms with van der Waals surface area (Å²) >= 11 is 0. The van der Waals surface area contributed by atoms with E-state index in [9.17, 15) is 0 Å². The summed E-state index contributed by atoms with van der Waals surface area (Å²) in [5.41, 5.74) is 1.07. The second kappa shape index (κ2) is 3.75. The molecule has 1 aliphatic rings. The van der Waals surface area contributed by atoms with Gasteiger partial charge >= 0.3 is 0 Å². The van der Waals surface area contributed by atoms with Crippen LogP contribution in [0, 0.1) is 6.92 Å². The van der Waals surface area contributed by atoms with Gasteiger partial charge in [-0.05, 0) is 32.0 Å². The molecule has 0 aliphatic carbocycles. The van der Waals surface area contributed by atoms with Gasteiger partial charge in [0.25, 0.3) is 0 Å². The standard InChI is InChI=1S/C10H15N3/c1-8-3-2-4-10(12-8)13-9-5-6-11-7-9/h2-4,9,11H,5-7H2,1H3,(H,12,13)/t9-/m0/s1. The van der Waals surface area contributed by atoms with Gasteiger partial charge in [0.2, 0.25) is 0 Å². The van der Waals surface area contributed by atoms with Crippen molar-refractivity contribution in [2.75, 3.05) is 18.4 Å². The summed E-state index contributed by atoms with van der Waals surface area (Å²) in [4.78, 5) is 4.40. The highest BCUT2D eigenvalue weighted by molar-refractivity contribution is 5.36. The molecule has 1 atom stereocenters. The second-order valence-corrected chi connectivity index (χ2v) is 3.50. The lowest BCUT2D eigenvalue weighted by Crippen LogP contribution is -2.22. The van der Waals surface area contributed by atoms with Crippen molar-refractivity contribution in [3.8, 4) is 0 Å². The lowest BCUT2D eigenvalue weighted by molar-refractivity contribution is 0.787. The monoisotopic (exact) mass is 177 g/mol. The third-order valence-corrected chi connectivity index (χ3v) is 2.30. The van der Waals surface area contributed by atoms with Gasteiger partial charge in [-0.15, -0.1) is 0 Å². The summed E-state index contributed by atoms with van der Waals surface area (Å²) in [5.74, 6) is 0.994. The minimum Gasteiger partial charge on any atom is -0.366 e. The highest BCUT2D eigenvalue weighted by atomic mass is 15.1. The van der Waals surface area contributed by atoms with Crippen LogP contribution in [-0.2, 0) is 0 Å². The van der Waals surface area contributed by atoms with Gasteiger partial charge in [0.15, 0.2) is 0 Å². The first-order valence-electron chi connectivity index (χ1n) is 4.75. The van der Waals surface area contributed by atoms with E-state index < -0.39 is 0 Å². The van der Waals surface area contributed by atoms with Crippen LogP contribution in [-0.4, -0.2) is 24.1 Å². The second-order valence-electron chi connectivity index (χ2n) is 3.50. The summed E-state index contributed by atoms with van der Waals surface area (Å²) in [5, 5.41) is 6.72. The van der Waals surface area contributed by atoms with Crippen LogP contribution in [0.4, 0.5) is 5.82 Å². The van der Waals surface area contributed by atoms with Crippen LogP contribution in [0.15, 0.2) is 18.2 Å². The number of aromatic nitrogens is 1. The highest BCUT2D eigenvalue weighted by Crippen LogP contribution is 2.08. The molecule has 1 aromatic heterocycles. The van der Waals surface area contributed by atoms with Crippen molar-refractivity contribution in [2.45, 2.75) is 19.4 Å². The van der Waals surface area contributed by atoms with E-state index >= 15 is 0 Å². The van der Waals surface area contributed by atoms with Crippen molar-refractivity contribution in [1.82, 2.24) is 10.3 Å². The molecule has 2 rings (SSSR count). The van der Waals surface area contributed by atoms with E-state index in [1.54, 1.807) is 0 Å². The van der Waals surface area contributed by atoms with Crippen LogP contribution in [0.25, 0.3) is 0 Å². The molecule has 2 N–H and O–H groups in total. The fourth-order valence-electron chi connectivity index (χ4n) is 1.61. The fraction of sp³-hybridized carbons (Fsp3) is 0.500. The normalized spacial score (nSPS) is 21.8. The van der Waals surface area contributed by atoms with Crippen molar-refractivity contribution in [3.63, 3.8) is 0 Å². The predicted molar refractivity (Wildman–Crippen MR) is 53.9 cm³/mol. The molecular formula is C10H15N3. The molecule has 1 aliphatic heterocycles. The van der Waals surface area contributed by atoms with Crippen LogP contribution in [0.5, 0.6) is 0 Å². The molecule has 3 heteroatoms. The van der Waals surface area contributed by atoms with Gasteiger partial charge in [-0.25, -0.2) is 4.98 Å². The predicted octanol–water partition coefficient (Wildman–Crippen LogP) is 1.16. The Bertz CT molecular complexity index is 279. The minimum absolute atomic E-state index is 0.550.